The van der Waals surface area contributed by atoms with Crippen molar-refractivity contribution < 1.29 is 14.1 Å². The maximum atomic E-state index is 12.4. The first-order valence-corrected chi connectivity index (χ1v) is 16.1. The van der Waals surface area contributed by atoms with Gasteiger partial charge in [0.2, 0.25) is 11.4 Å². The second-order valence-corrected chi connectivity index (χ2v) is 11.4. The average molecular weight is 550 g/mol. The van der Waals surface area contributed by atoms with E-state index in [1.54, 1.807) is 18.3 Å². The van der Waals surface area contributed by atoms with E-state index >= 15 is 0 Å². The molecule has 2 aromatic carbocycles. The summed E-state index contributed by atoms with van der Waals surface area (Å²) in [6.07, 6.45) is 19.1. The van der Waals surface area contributed by atoms with Crippen LogP contribution >= 0.6 is 11.3 Å². The van der Waals surface area contributed by atoms with Gasteiger partial charge in [0.15, 0.2) is 12.7 Å². The fourth-order valence-electron chi connectivity index (χ4n) is 4.98. The third-order valence-corrected chi connectivity index (χ3v) is 7.98. The fourth-order valence-corrected chi connectivity index (χ4v) is 5.57. The van der Waals surface area contributed by atoms with Gasteiger partial charge in [-0.3, -0.25) is 4.79 Å². The Kier molecular flexibility index (Phi) is 14.7. The first-order valence-electron chi connectivity index (χ1n) is 15.2. The Bertz CT molecular complexity index is 1050. The van der Waals surface area contributed by atoms with Crippen LogP contribution in [-0.2, 0) is 17.8 Å². The highest BCUT2D eigenvalue weighted by molar-refractivity contribution is 7.07. The highest BCUT2D eigenvalue weighted by Gasteiger charge is 2.13. The predicted octanol–water partition coefficient (Wildman–Crippen LogP) is 8.76. The van der Waals surface area contributed by atoms with Crippen molar-refractivity contribution in [3.8, 4) is 5.75 Å². The third kappa shape index (κ3) is 12.4. The van der Waals surface area contributed by atoms with E-state index in [4.69, 9.17) is 4.74 Å². The lowest BCUT2D eigenvalue weighted by Gasteiger charge is -2.21. The summed E-state index contributed by atoms with van der Waals surface area (Å²) >= 11 is 1.69. The first-order chi connectivity index (χ1) is 19.2. The van der Waals surface area contributed by atoms with E-state index in [2.05, 4.69) is 71.0 Å². The number of hydrogen-bond donors (Lipinski definition) is 0. The number of thiazole rings is 1. The molecule has 0 N–H and O–H groups in total. The van der Waals surface area contributed by atoms with E-state index in [-0.39, 0.29) is 5.91 Å². The number of ether oxygens (including phenoxy) is 1. The average Bonchev–Trinajstić information content (AvgIpc) is 3.45. The molecule has 1 aromatic heterocycles. The zero-order valence-electron chi connectivity index (χ0n) is 24.3. The van der Waals surface area contributed by atoms with Crippen LogP contribution in [0.1, 0.15) is 102 Å². The number of unbranched alkanes of at least 4 members (excludes halogenated alkanes) is 11. The van der Waals surface area contributed by atoms with Crippen molar-refractivity contribution in [2.45, 2.75) is 104 Å². The van der Waals surface area contributed by atoms with E-state index in [0.29, 0.717) is 6.54 Å². The van der Waals surface area contributed by atoms with Crippen LogP contribution < -0.4 is 14.2 Å². The summed E-state index contributed by atoms with van der Waals surface area (Å²) in [5.74, 6) is 0.995. The second-order valence-electron chi connectivity index (χ2n) is 10.7. The molecule has 0 saturated carbocycles. The highest BCUT2D eigenvalue weighted by atomic mass is 32.1. The number of aromatic nitrogens is 1. The van der Waals surface area contributed by atoms with Crippen molar-refractivity contribution >= 4 is 22.9 Å². The van der Waals surface area contributed by atoms with Crippen LogP contribution in [-0.4, -0.2) is 19.1 Å². The highest BCUT2D eigenvalue weighted by Crippen LogP contribution is 2.19. The van der Waals surface area contributed by atoms with E-state index in [1.807, 2.05) is 11.0 Å². The van der Waals surface area contributed by atoms with Crippen LogP contribution in [0.2, 0.25) is 0 Å². The molecule has 0 unspecified atom stereocenters. The SMILES string of the molecule is CCCCCCCCCCCCCCOc1cccc(CCN(C(C)=O)c2ccc(C[n+]3ccsc3)cc2)c1. The Morgan fingerprint density at radius 1 is 0.846 bits per heavy atom. The zero-order chi connectivity index (χ0) is 27.5. The van der Waals surface area contributed by atoms with Crippen LogP contribution in [0.3, 0.4) is 0 Å². The molecule has 4 nitrogen and oxygen atoms in total. The number of amides is 1. The lowest BCUT2D eigenvalue weighted by molar-refractivity contribution is -0.683. The molecule has 5 heteroatoms. The molecule has 0 spiro atoms. The first kappa shape index (κ1) is 30.9. The van der Waals surface area contributed by atoms with E-state index in [9.17, 15) is 4.79 Å². The predicted molar refractivity (Wildman–Crippen MR) is 165 cm³/mol. The van der Waals surface area contributed by atoms with E-state index in [1.165, 1.54) is 81.8 Å². The minimum Gasteiger partial charge on any atom is -0.494 e. The van der Waals surface area contributed by atoms with Gasteiger partial charge >= 0.3 is 0 Å². The third-order valence-electron chi connectivity index (χ3n) is 7.31. The topological polar surface area (TPSA) is 33.4 Å². The van der Waals surface area contributed by atoms with Crippen molar-refractivity contribution in [2.75, 3.05) is 18.1 Å². The van der Waals surface area contributed by atoms with Crippen molar-refractivity contribution in [3.05, 3.63) is 76.7 Å². The number of benzene rings is 2. The normalized spacial score (nSPS) is 11.0. The van der Waals surface area contributed by atoms with Gasteiger partial charge in [0, 0.05) is 24.7 Å². The number of rotatable bonds is 20. The van der Waals surface area contributed by atoms with Gasteiger partial charge in [-0.15, -0.1) is 0 Å². The maximum Gasteiger partial charge on any atom is 0.224 e. The molecular weight excluding hydrogens is 500 g/mol. The number of anilines is 1. The van der Waals surface area contributed by atoms with Gasteiger partial charge in [0.25, 0.3) is 0 Å². The van der Waals surface area contributed by atoms with Gasteiger partial charge in [-0.2, -0.15) is 4.57 Å². The molecular formula is C34H49N2O2S+. The number of nitrogens with zero attached hydrogens (tertiary/aromatic N) is 2. The van der Waals surface area contributed by atoms with Crippen molar-refractivity contribution in [3.63, 3.8) is 0 Å². The molecule has 212 valence electrons. The molecule has 0 radical (unpaired) electrons. The van der Waals surface area contributed by atoms with Crippen LogP contribution in [0, 0.1) is 0 Å². The molecule has 3 aromatic rings. The second kappa shape index (κ2) is 18.6. The quantitative estimate of drug-likeness (QED) is 0.104. The molecule has 0 aliphatic carbocycles. The number of hydrogen-bond acceptors (Lipinski definition) is 3. The summed E-state index contributed by atoms with van der Waals surface area (Å²) in [6, 6.07) is 16.7. The molecule has 0 fully saturated rings. The molecule has 0 aliphatic heterocycles. The molecule has 0 aliphatic rings. The summed E-state index contributed by atoms with van der Waals surface area (Å²) in [5, 5.41) is 2.07. The summed E-state index contributed by atoms with van der Waals surface area (Å²) in [6.45, 7) is 6.19. The summed E-state index contributed by atoms with van der Waals surface area (Å²) < 4.78 is 8.21. The summed E-state index contributed by atoms with van der Waals surface area (Å²) in [4.78, 5) is 14.3. The van der Waals surface area contributed by atoms with Gasteiger partial charge in [-0.1, -0.05) is 113 Å². The van der Waals surface area contributed by atoms with Crippen LogP contribution in [0.5, 0.6) is 5.75 Å². The Labute approximate surface area is 241 Å². The van der Waals surface area contributed by atoms with Crippen molar-refractivity contribution in [1.29, 1.82) is 0 Å². The maximum absolute atomic E-state index is 12.4. The minimum atomic E-state index is 0.0642. The number of carbonyl (C=O) groups is 1. The minimum absolute atomic E-state index is 0.0642. The Balaban J connectivity index is 1.32. The van der Waals surface area contributed by atoms with Gasteiger partial charge in [0.05, 0.1) is 12.0 Å². The van der Waals surface area contributed by atoms with Gasteiger partial charge in [-0.25, -0.2) is 0 Å². The lowest BCUT2D eigenvalue weighted by Crippen LogP contribution is -2.31. The molecule has 1 heterocycles. The van der Waals surface area contributed by atoms with Crippen LogP contribution in [0.15, 0.2) is 65.6 Å². The van der Waals surface area contributed by atoms with Gasteiger partial charge < -0.3 is 9.64 Å². The van der Waals surface area contributed by atoms with Crippen LogP contribution in [0.4, 0.5) is 5.69 Å². The zero-order valence-corrected chi connectivity index (χ0v) is 25.1. The van der Waals surface area contributed by atoms with E-state index < -0.39 is 0 Å². The van der Waals surface area contributed by atoms with Crippen molar-refractivity contribution in [2.24, 2.45) is 0 Å². The molecule has 3 rings (SSSR count). The lowest BCUT2D eigenvalue weighted by atomic mass is 10.1. The van der Waals surface area contributed by atoms with Crippen LogP contribution in [0.25, 0.3) is 0 Å². The fraction of sp³-hybridized carbons (Fsp3) is 0.529. The molecule has 0 bridgehead atoms. The largest absolute Gasteiger partial charge is 0.494 e. The monoisotopic (exact) mass is 549 g/mol. The molecule has 39 heavy (non-hydrogen) atoms. The van der Waals surface area contributed by atoms with Gasteiger partial charge in [0.1, 0.15) is 5.75 Å². The molecule has 1 amide bonds. The summed E-state index contributed by atoms with van der Waals surface area (Å²) in [5.41, 5.74) is 5.47. The molecule has 0 saturated heterocycles. The Morgan fingerprint density at radius 2 is 1.51 bits per heavy atom. The van der Waals surface area contributed by atoms with Gasteiger partial charge in [-0.05, 0) is 42.7 Å². The van der Waals surface area contributed by atoms with E-state index in [0.717, 1.165) is 37.4 Å². The Hall–Kier alpha value is -2.66. The summed E-state index contributed by atoms with van der Waals surface area (Å²) in [7, 11) is 0. The Morgan fingerprint density at radius 3 is 2.13 bits per heavy atom. The van der Waals surface area contributed by atoms with Crippen molar-refractivity contribution in [1.82, 2.24) is 0 Å². The number of carbonyl (C=O) groups excluding carboxylic acids is 1. The standard InChI is InChI=1S/C34H49N2O2S/c1-3-4-5-6-7-8-9-10-11-12-13-14-25-38-34-17-15-16-31(27-34)22-23-36(30(2)37)33-20-18-32(19-21-33)28-35-24-26-39-29-35/h15-21,24,26-27,29H,3-14,22-23,25,28H2,1-2H3/q+1. The molecule has 0 atom stereocenters. The smallest absolute Gasteiger partial charge is 0.224 e.